The molecule has 0 amide bonds. The summed E-state index contributed by atoms with van der Waals surface area (Å²) in [6.07, 6.45) is 49.4. The number of carboxylic acids is 1. The summed E-state index contributed by atoms with van der Waals surface area (Å²) in [5.74, 6) is -1.47. The number of allylic oxidation sites excluding steroid dienone is 4. The number of unbranched alkanes of at least 4 members (excludes halogenated alkanes) is 28. The maximum atomic E-state index is 12.8. The maximum absolute atomic E-state index is 12.8. The zero-order chi connectivity index (χ0) is 44.2. The lowest BCUT2D eigenvalue weighted by Crippen LogP contribution is -2.50. The number of nitrogens with zero attached hydrogens (tertiary/aromatic N) is 1. The van der Waals surface area contributed by atoms with Gasteiger partial charge in [0.1, 0.15) is 6.61 Å². The van der Waals surface area contributed by atoms with Crippen LogP contribution in [0, 0.1) is 0 Å². The predicted octanol–water partition coefficient (Wildman–Crippen LogP) is 14.4. The lowest BCUT2D eigenvalue weighted by Gasteiger charge is -2.31. The average molecular weight is 849 g/mol. The number of likely N-dealkylation sites (N-methyl/N-ethyl adjacent to an activating group) is 1. The molecule has 0 aromatic carbocycles. The van der Waals surface area contributed by atoms with Crippen molar-refractivity contribution in [2.45, 2.75) is 251 Å². The van der Waals surface area contributed by atoms with Crippen LogP contribution in [0.15, 0.2) is 24.3 Å². The number of carboxylic acid groups (broad SMARTS) is 1. The Balaban J connectivity index is 4.27. The molecule has 0 aliphatic carbocycles. The third-order valence-electron chi connectivity index (χ3n) is 11.6. The molecule has 1 N–H and O–H groups in total. The number of ether oxygens (including phenoxy) is 3. The minimum absolute atomic E-state index is 0.0553. The van der Waals surface area contributed by atoms with Crippen LogP contribution in [0.5, 0.6) is 0 Å². The van der Waals surface area contributed by atoms with Crippen LogP contribution in [-0.4, -0.2) is 80.6 Å². The van der Waals surface area contributed by atoms with Gasteiger partial charge in [-0.2, -0.15) is 0 Å². The highest BCUT2D eigenvalue weighted by molar-refractivity contribution is 5.72. The van der Waals surface area contributed by atoms with Crippen molar-refractivity contribution in [3.05, 3.63) is 24.3 Å². The molecule has 0 saturated carbocycles. The molecule has 8 nitrogen and oxygen atoms in total. The van der Waals surface area contributed by atoms with Crippen LogP contribution < -0.4 is 0 Å². The normalized spacial score (nSPS) is 13.0. The standard InChI is InChI=1S/C52H97NO7/c1-6-8-10-12-14-16-18-20-22-24-26-28-30-32-34-36-38-40-42-50(54)59-47-48(46-58-45-44-49(52(56)57)53(3,4)5)60-51(55)43-41-39-37-35-33-31-29-27-25-23-21-19-17-15-13-11-9-7-2/h26-29,48-49H,6-25,30-47H2,1-5H3/p+1/b28-26+,29-27+. The molecule has 0 spiro atoms. The summed E-state index contributed by atoms with van der Waals surface area (Å²) in [6.45, 7) is 4.75. The molecule has 0 radical (unpaired) electrons. The zero-order valence-electron chi connectivity index (χ0n) is 40.2. The second-order valence-corrected chi connectivity index (χ2v) is 18.4. The fourth-order valence-corrected chi connectivity index (χ4v) is 7.61. The van der Waals surface area contributed by atoms with Gasteiger partial charge in [-0.25, -0.2) is 4.79 Å². The fourth-order valence-electron chi connectivity index (χ4n) is 7.61. The lowest BCUT2D eigenvalue weighted by atomic mass is 10.1. The van der Waals surface area contributed by atoms with Crippen LogP contribution in [0.3, 0.4) is 0 Å². The topological polar surface area (TPSA) is 99.1 Å². The molecule has 0 aromatic heterocycles. The highest BCUT2D eigenvalue weighted by Crippen LogP contribution is 2.15. The number of carbonyl (C=O) groups is 3. The van der Waals surface area contributed by atoms with Crippen LogP contribution in [0.1, 0.15) is 239 Å². The van der Waals surface area contributed by atoms with E-state index in [0.29, 0.717) is 19.3 Å². The van der Waals surface area contributed by atoms with E-state index in [0.717, 1.165) is 57.8 Å². The van der Waals surface area contributed by atoms with Gasteiger partial charge in [0, 0.05) is 19.3 Å². The van der Waals surface area contributed by atoms with Gasteiger partial charge < -0.3 is 23.8 Å². The van der Waals surface area contributed by atoms with Gasteiger partial charge in [-0.15, -0.1) is 0 Å². The van der Waals surface area contributed by atoms with Gasteiger partial charge in [-0.3, -0.25) is 9.59 Å². The van der Waals surface area contributed by atoms with Gasteiger partial charge >= 0.3 is 17.9 Å². The van der Waals surface area contributed by atoms with E-state index in [1.54, 1.807) is 0 Å². The van der Waals surface area contributed by atoms with Gasteiger partial charge in [-0.1, -0.05) is 179 Å². The Morgan fingerprint density at radius 2 is 0.833 bits per heavy atom. The molecule has 0 saturated heterocycles. The Hall–Kier alpha value is -2.19. The quantitative estimate of drug-likeness (QED) is 0.0282. The third kappa shape index (κ3) is 41.2. The molecule has 8 heteroatoms. The number of hydrogen-bond acceptors (Lipinski definition) is 6. The van der Waals surface area contributed by atoms with Crippen molar-refractivity contribution >= 4 is 17.9 Å². The molecule has 0 aliphatic heterocycles. The predicted molar refractivity (Wildman–Crippen MR) is 252 cm³/mol. The van der Waals surface area contributed by atoms with Crippen LogP contribution in [-0.2, 0) is 28.6 Å². The van der Waals surface area contributed by atoms with Crippen LogP contribution >= 0.6 is 0 Å². The second-order valence-electron chi connectivity index (χ2n) is 18.4. The SMILES string of the molecule is CCCCCCCCCCC/C=C/CCCCCCCC(=O)OCC(COCCC(C(=O)O)[N+](C)(C)C)OC(=O)CCCCCCC/C=C/CCCCCCCCCCC. The first kappa shape index (κ1) is 57.8. The van der Waals surface area contributed by atoms with Gasteiger partial charge in [0.15, 0.2) is 12.1 Å². The monoisotopic (exact) mass is 849 g/mol. The van der Waals surface area contributed by atoms with Gasteiger partial charge in [0.25, 0.3) is 0 Å². The number of quaternary nitrogens is 1. The Morgan fingerprint density at radius 3 is 1.20 bits per heavy atom. The number of rotatable bonds is 46. The van der Waals surface area contributed by atoms with E-state index in [9.17, 15) is 19.5 Å². The Labute approximate surface area is 371 Å². The van der Waals surface area contributed by atoms with Crippen molar-refractivity contribution in [2.75, 3.05) is 41.0 Å². The highest BCUT2D eigenvalue weighted by atomic mass is 16.6. The lowest BCUT2D eigenvalue weighted by molar-refractivity contribution is -0.887. The molecule has 0 fully saturated rings. The van der Waals surface area contributed by atoms with E-state index in [1.807, 2.05) is 21.1 Å². The van der Waals surface area contributed by atoms with Gasteiger partial charge in [0.2, 0.25) is 0 Å². The number of aliphatic carboxylic acids is 1. The fraction of sp³-hybridized carbons (Fsp3) is 0.865. The Bertz CT molecular complexity index is 1040. The molecule has 0 heterocycles. The number of carbonyl (C=O) groups excluding carboxylic acids is 2. The smallest absolute Gasteiger partial charge is 0.362 e. The van der Waals surface area contributed by atoms with Crippen molar-refractivity contribution in [2.24, 2.45) is 0 Å². The van der Waals surface area contributed by atoms with E-state index in [2.05, 4.69) is 38.2 Å². The highest BCUT2D eigenvalue weighted by Gasteiger charge is 2.31. The molecule has 60 heavy (non-hydrogen) atoms. The van der Waals surface area contributed by atoms with E-state index in [4.69, 9.17) is 14.2 Å². The van der Waals surface area contributed by atoms with Crippen molar-refractivity contribution in [1.29, 1.82) is 0 Å². The largest absolute Gasteiger partial charge is 0.477 e. The summed E-state index contributed by atoms with van der Waals surface area (Å²) >= 11 is 0. The van der Waals surface area contributed by atoms with Gasteiger partial charge in [-0.05, 0) is 64.2 Å². The van der Waals surface area contributed by atoms with Gasteiger partial charge in [0.05, 0.1) is 34.4 Å². The van der Waals surface area contributed by atoms with Crippen molar-refractivity contribution in [3.8, 4) is 0 Å². The Morgan fingerprint density at radius 1 is 0.483 bits per heavy atom. The molecular formula is C52H98NO7+. The first-order valence-electron chi connectivity index (χ1n) is 25.4. The molecule has 0 aliphatic rings. The van der Waals surface area contributed by atoms with Crippen molar-refractivity contribution in [3.63, 3.8) is 0 Å². The molecular weight excluding hydrogens is 751 g/mol. The number of hydrogen-bond donors (Lipinski definition) is 1. The summed E-state index contributed by atoms with van der Waals surface area (Å²) in [5, 5.41) is 9.65. The first-order valence-corrected chi connectivity index (χ1v) is 25.4. The zero-order valence-corrected chi connectivity index (χ0v) is 40.2. The van der Waals surface area contributed by atoms with E-state index < -0.39 is 18.1 Å². The summed E-state index contributed by atoms with van der Waals surface area (Å²) in [5.41, 5.74) is 0. The molecule has 2 unspecified atom stereocenters. The summed E-state index contributed by atoms with van der Waals surface area (Å²) in [7, 11) is 5.53. The van der Waals surface area contributed by atoms with E-state index >= 15 is 0 Å². The third-order valence-corrected chi connectivity index (χ3v) is 11.6. The number of esters is 2. The maximum Gasteiger partial charge on any atom is 0.362 e. The minimum Gasteiger partial charge on any atom is -0.477 e. The molecule has 2 atom stereocenters. The van der Waals surface area contributed by atoms with Crippen LogP contribution in [0.2, 0.25) is 0 Å². The molecule has 0 bridgehead atoms. The first-order chi connectivity index (χ1) is 29.1. The summed E-state index contributed by atoms with van der Waals surface area (Å²) < 4.78 is 17.3. The molecule has 352 valence electrons. The average Bonchev–Trinajstić information content (AvgIpc) is 3.21. The summed E-state index contributed by atoms with van der Waals surface area (Å²) in [6, 6.07) is -0.616. The molecule has 0 aromatic rings. The van der Waals surface area contributed by atoms with Crippen LogP contribution in [0.25, 0.3) is 0 Å². The van der Waals surface area contributed by atoms with Crippen molar-refractivity contribution < 1.29 is 38.2 Å². The van der Waals surface area contributed by atoms with E-state index in [-0.39, 0.29) is 36.2 Å². The summed E-state index contributed by atoms with van der Waals surface area (Å²) in [4.78, 5) is 37.1. The van der Waals surface area contributed by atoms with E-state index in [1.165, 1.54) is 148 Å². The Kier molecular flexibility index (Phi) is 41.9. The van der Waals surface area contributed by atoms with Crippen LogP contribution in [0.4, 0.5) is 0 Å². The molecule has 0 rings (SSSR count). The second kappa shape index (κ2) is 43.5. The minimum atomic E-state index is -0.875. The van der Waals surface area contributed by atoms with Crippen molar-refractivity contribution in [1.82, 2.24) is 0 Å².